The fourth-order valence-corrected chi connectivity index (χ4v) is 5.16. The van der Waals surface area contributed by atoms with Crippen LogP contribution in [-0.2, 0) is 0 Å². The third kappa shape index (κ3) is 5.30. The maximum atomic E-state index is 13.3. The van der Waals surface area contributed by atoms with Crippen molar-refractivity contribution in [3.63, 3.8) is 0 Å². The molecule has 0 unspecified atom stereocenters. The minimum atomic E-state index is -2.30. The number of hydrogen-bond acceptors (Lipinski definition) is 9. The first-order chi connectivity index (χ1) is 17.8. The van der Waals surface area contributed by atoms with Gasteiger partial charge < -0.3 is 9.64 Å². The lowest BCUT2D eigenvalue weighted by Crippen LogP contribution is -2.36. The molecule has 1 fully saturated rings. The van der Waals surface area contributed by atoms with Crippen molar-refractivity contribution in [1.82, 2.24) is 24.9 Å². The molecule has 1 aliphatic heterocycles. The molecule has 1 amide bonds. The summed E-state index contributed by atoms with van der Waals surface area (Å²) < 4.78 is 31.4. The number of anilines is 2. The minimum Gasteiger partial charge on any atom is -0.494 e. The van der Waals surface area contributed by atoms with Gasteiger partial charge in [0.2, 0.25) is 6.43 Å². The Bertz CT molecular complexity index is 1460. The lowest BCUT2D eigenvalue weighted by molar-refractivity contribution is 0.0635. The first kappa shape index (κ1) is 25.2. The number of thiazole rings is 1. The van der Waals surface area contributed by atoms with Crippen LogP contribution in [0.5, 0.6) is 5.75 Å². The molecule has 0 radical (unpaired) electrons. The molecule has 0 bridgehead atoms. The zero-order valence-electron chi connectivity index (χ0n) is 19.9. The molecular formula is C24H22ClF2N7O2S. The number of alkyl halides is 2. The Balaban J connectivity index is 1.39. The Morgan fingerprint density at radius 1 is 1.14 bits per heavy atom. The Morgan fingerprint density at radius 3 is 2.65 bits per heavy atom. The van der Waals surface area contributed by atoms with Crippen LogP contribution in [0.1, 0.15) is 28.9 Å². The predicted octanol–water partition coefficient (Wildman–Crippen LogP) is 5.25. The van der Waals surface area contributed by atoms with E-state index < -0.39 is 18.3 Å². The van der Waals surface area contributed by atoms with Crippen LogP contribution in [0.25, 0.3) is 21.6 Å². The molecule has 9 nitrogen and oxygen atoms in total. The first-order valence-corrected chi connectivity index (χ1v) is 12.7. The normalized spacial score (nSPS) is 14.4. The summed E-state index contributed by atoms with van der Waals surface area (Å²) in [6, 6.07) is 3.40. The Hall–Kier alpha value is -3.51. The summed E-state index contributed by atoms with van der Waals surface area (Å²) in [6.45, 7) is 2.80. The topological polar surface area (TPSA) is 106 Å². The van der Waals surface area contributed by atoms with E-state index in [9.17, 15) is 13.6 Å². The van der Waals surface area contributed by atoms with Gasteiger partial charge in [0.25, 0.3) is 5.91 Å². The van der Waals surface area contributed by atoms with Crippen molar-refractivity contribution in [2.24, 2.45) is 5.92 Å². The van der Waals surface area contributed by atoms with Crippen molar-refractivity contribution in [1.29, 1.82) is 0 Å². The summed E-state index contributed by atoms with van der Waals surface area (Å²) in [7, 11) is 1.51. The summed E-state index contributed by atoms with van der Waals surface area (Å²) in [4.78, 5) is 37.5. The maximum Gasteiger partial charge on any atom is 0.259 e. The van der Waals surface area contributed by atoms with E-state index in [4.69, 9.17) is 16.3 Å². The second-order valence-corrected chi connectivity index (χ2v) is 9.93. The predicted molar refractivity (Wildman–Crippen MR) is 138 cm³/mol. The van der Waals surface area contributed by atoms with Crippen LogP contribution in [0, 0.1) is 12.8 Å². The Morgan fingerprint density at radius 2 is 1.92 bits per heavy atom. The van der Waals surface area contributed by atoms with Gasteiger partial charge in [0.15, 0.2) is 15.6 Å². The van der Waals surface area contributed by atoms with E-state index in [1.165, 1.54) is 30.8 Å². The summed E-state index contributed by atoms with van der Waals surface area (Å²) in [6.07, 6.45) is 3.07. The number of methoxy groups -OCH3 is 1. The van der Waals surface area contributed by atoms with E-state index in [0.29, 0.717) is 75.5 Å². The second kappa shape index (κ2) is 10.5. The zero-order valence-corrected chi connectivity index (χ0v) is 21.5. The van der Waals surface area contributed by atoms with Crippen LogP contribution in [0.3, 0.4) is 0 Å². The molecule has 5 rings (SSSR count). The highest BCUT2D eigenvalue weighted by molar-refractivity contribution is 7.21. The number of aryl methyl sites for hydroxylation is 1. The van der Waals surface area contributed by atoms with Crippen LogP contribution in [-0.4, -0.2) is 57.5 Å². The number of carbonyl (C=O) groups is 1. The van der Waals surface area contributed by atoms with Crippen molar-refractivity contribution in [3.05, 3.63) is 47.1 Å². The largest absolute Gasteiger partial charge is 0.494 e. The van der Waals surface area contributed by atoms with Gasteiger partial charge in [-0.1, -0.05) is 22.9 Å². The van der Waals surface area contributed by atoms with Gasteiger partial charge in [0, 0.05) is 42.0 Å². The molecule has 0 atom stereocenters. The van der Waals surface area contributed by atoms with E-state index in [1.54, 1.807) is 18.3 Å². The van der Waals surface area contributed by atoms with E-state index in [2.05, 4.69) is 30.2 Å². The van der Waals surface area contributed by atoms with Crippen molar-refractivity contribution in [2.45, 2.75) is 26.2 Å². The second-order valence-electron chi connectivity index (χ2n) is 8.57. The highest BCUT2D eigenvalue weighted by Gasteiger charge is 2.27. The molecule has 1 N–H and O–H groups in total. The Kier molecular flexibility index (Phi) is 7.11. The fourth-order valence-electron chi connectivity index (χ4n) is 4.22. The third-order valence-corrected chi connectivity index (χ3v) is 7.24. The van der Waals surface area contributed by atoms with Crippen molar-refractivity contribution >= 4 is 50.3 Å². The summed E-state index contributed by atoms with van der Waals surface area (Å²) in [5.74, 6) is 0.0595. The molecule has 0 spiro atoms. The number of ether oxygens (including phenoxy) is 1. The first-order valence-electron chi connectivity index (χ1n) is 11.5. The Labute approximate surface area is 219 Å². The van der Waals surface area contributed by atoms with E-state index >= 15 is 0 Å². The highest BCUT2D eigenvalue weighted by Crippen LogP contribution is 2.35. The fraction of sp³-hybridized carbons (Fsp3) is 0.333. The molecule has 1 aliphatic rings. The van der Waals surface area contributed by atoms with Gasteiger partial charge in [0.05, 0.1) is 25.1 Å². The van der Waals surface area contributed by atoms with Gasteiger partial charge in [-0.3, -0.25) is 15.1 Å². The number of nitrogens with one attached hydrogen (secondary N) is 1. The molecule has 1 saturated heterocycles. The van der Waals surface area contributed by atoms with Gasteiger partial charge in [-0.25, -0.2) is 23.7 Å². The summed E-state index contributed by atoms with van der Waals surface area (Å²) in [5, 5.41) is 3.39. The van der Waals surface area contributed by atoms with Gasteiger partial charge in [-0.15, -0.1) is 0 Å². The third-order valence-electron chi connectivity index (χ3n) is 6.18. The highest BCUT2D eigenvalue weighted by atomic mass is 35.5. The average Bonchev–Trinajstić information content (AvgIpc) is 3.30. The van der Waals surface area contributed by atoms with Crippen LogP contribution in [0.15, 0.2) is 30.7 Å². The van der Waals surface area contributed by atoms with Gasteiger partial charge in [-0.05, 0) is 31.9 Å². The molecule has 4 aromatic rings. The number of carbonyl (C=O) groups excluding carboxylic acids is 1. The number of nitrogens with zero attached hydrogens (tertiary/aromatic N) is 6. The summed E-state index contributed by atoms with van der Waals surface area (Å²) >= 11 is 7.30. The number of amides is 1. The number of aromatic nitrogens is 5. The lowest BCUT2D eigenvalue weighted by Gasteiger charge is -2.32. The van der Waals surface area contributed by atoms with Crippen molar-refractivity contribution in [3.8, 4) is 16.9 Å². The smallest absolute Gasteiger partial charge is 0.259 e. The van der Waals surface area contributed by atoms with Crippen LogP contribution in [0.2, 0.25) is 5.15 Å². The average molecular weight is 546 g/mol. The van der Waals surface area contributed by atoms with Gasteiger partial charge >= 0.3 is 0 Å². The molecule has 13 heteroatoms. The molecule has 0 aromatic carbocycles. The lowest BCUT2D eigenvalue weighted by atomic mass is 9.97. The number of piperidine rings is 1. The number of hydrogen-bond donors (Lipinski definition) is 1. The van der Waals surface area contributed by atoms with Crippen molar-refractivity contribution < 1.29 is 18.3 Å². The maximum absolute atomic E-state index is 13.3. The SMILES string of the molecule is COc1cnc(Cl)cc1-c1cc(C)ncc1C(=O)Nc1nc2ncc(N3CCC(C(F)F)CC3)nc2s1. The molecule has 5 heterocycles. The van der Waals surface area contributed by atoms with Crippen LogP contribution in [0.4, 0.5) is 19.7 Å². The quantitative estimate of drug-likeness (QED) is 0.328. The molecule has 0 saturated carbocycles. The summed E-state index contributed by atoms with van der Waals surface area (Å²) in [5.41, 5.74) is 2.58. The van der Waals surface area contributed by atoms with Gasteiger partial charge in [-0.2, -0.15) is 4.98 Å². The number of rotatable bonds is 6. The van der Waals surface area contributed by atoms with Crippen LogP contribution < -0.4 is 15.0 Å². The molecule has 4 aromatic heterocycles. The number of pyridine rings is 2. The monoisotopic (exact) mass is 545 g/mol. The van der Waals surface area contributed by atoms with E-state index in [0.717, 1.165) is 0 Å². The standard InChI is InChI=1S/C24H22ClF2N7O2S/c1-12-7-14(15-8-18(25)29-10-17(15)36-2)16(9-28-12)22(35)33-24-32-21-23(37-24)31-19(11-30-21)34-5-3-13(4-6-34)20(26)27/h7-11,13,20H,3-6H2,1-2H3,(H,30,32,33,35). The van der Waals surface area contributed by atoms with Gasteiger partial charge in [0.1, 0.15) is 16.7 Å². The number of fused-ring (bicyclic) bond motifs is 1. The van der Waals surface area contributed by atoms with Crippen molar-refractivity contribution in [2.75, 3.05) is 30.4 Å². The molecule has 192 valence electrons. The van der Waals surface area contributed by atoms with Crippen LogP contribution >= 0.6 is 22.9 Å². The minimum absolute atomic E-state index is 0.259. The van der Waals surface area contributed by atoms with E-state index in [1.807, 2.05) is 11.8 Å². The molecule has 37 heavy (non-hydrogen) atoms. The number of halogens is 3. The molecular weight excluding hydrogens is 524 g/mol. The van der Waals surface area contributed by atoms with E-state index in [-0.39, 0.29) is 5.15 Å². The molecule has 0 aliphatic carbocycles. The zero-order chi connectivity index (χ0) is 26.1.